The van der Waals surface area contributed by atoms with Crippen molar-refractivity contribution < 1.29 is 0 Å². The van der Waals surface area contributed by atoms with Crippen LogP contribution in [0.5, 0.6) is 0 Å². The van der Waals surface area contributed by atoms with Crippen LogP contribution in [0.25, 0.3) is 0 Å². The van der Waals surface area contributed by atoms with E-state index in [1.807, 2.05) is 0 Å². The van der Waals surface area contributed by atoms with E-state index in [1.165, 1.54) is 41.4 Å². The van der Waals surface area contributed by atoms with Crippen LogP contribution >= 0.6 is 89.7 Å². The topological polar surface area (TPSA) is 0 Å². The molecule has 0 aromatic rings. The molecular weight excluding hydrogens is 1280 g/mol. The van der Waals surface area contributed by atoms with E-state index in [4.69, 9.17) is 0 Å². The predicted molar refractivity (Wildman–Crippen MR) is 228 cm³/mol. The molecule has 0 saturated heterocycles. The van der Waals surface area contributed by atoms with Crippen LogP contribution in [-0.2, 0) is 0 Å². The van der Waals surface area contributed by atoms with Crippen molar-refractivity contribution in [2.24, 2.45) is 152 Å². The quantitative estimate of drug-likeness (QED) is 0.257. The molecule has 18 saturated carbocycles. The summed E-state index contributed by atoms with van der Waals surface area (Å²) in [7, 11) is 5.46. The molecule has 18 fully saturated rings. The average Bonchev–Trinajstić information content (AvgIpc) is 2.99. The van der Waals surface area contributed by atoms with Crippen molar-refractivity contribution in [1.82, 2.24) is 0 Å². The van der Waals surface area contributed by atoms with Gasteiger partial charge in [0.2, 0.25) is 0 Å². The van der Waals surface area contributed by atoms with Gasteiger partial charge in [0.05, 0.1) is 0 Å². The van der Waals surface area contributed by atoms with Crippen LogP contribution in [-0.4, -0.2) is 33.3 Å². The fourth-order valence-corrected chi connectivity index (χ4v) is 81.1. The zero-order valence-corrected chi connectivity index (χ0v) is 46.5. The fourth-order valence-electron chi connectivity index (χ4n) is 34.1. The van der Waals surface area contributed by atoms with E-state index in [0.717, 1.165) is 72.2 Å². The van der Waals surface area contributed by atoms with Crippen LogP contribution in [0, 0.1) is 152 Å². The summed E-state index contributed by atoms with van der Waals surface area (Å²) in [6, 6.07) is 0. The summed E-state index contributed by atoms with van der Waals surface area (Å²) in [5.74, 6) is 12.6. The first-order chi connectivity index (χ1) is 22.4. The summed E-state index contributed by atoms with van der Waals surface area (Å²) >= 11 is 8.96. The van der Waals surface area contributed by atoms with Crippen molar-refractivity contribution in [2.45, 2.75) is 85.7 Å². The zero-order chi connectivity index (χ0) is 32.7. The van der Waals surface area contributed by atoms with Crippen molar-refractivity contribution in [3.63, 3.8) is 0 Å². The van der Waals surface area contributed by atoms with E-state index in [9.17, 15) is 0 Å². The molecule has 18 aliphatic carbocycles. The number of fused-ring (bicyclic) bond motifs is 14. The molecule has 0 aliphatic heterocycles. The Labute approximate surface area is 344 Å². The van der Waals surface area contributed by atoms with Crippen molar-refractivity contribution >= 4 is 113 Å². The van der Waals surface area contributed by atoms with Gasteiger partial charge in [-0.2, -0.15) is 0 Å². The Hall–Kier alpha value is 5.36. The molecule has 0 radical (unpaired) electrons. The maximum atomic E-state index is 3.11. The zero-order valence-electron chi connectivity index (χ0n) is 29.6. The minimum atomic E-state index is -1.59. The Kier molecular flexibility index (Phi) is 3.66. The SMILES string of the molecule is CC1C2C3C4C5C6C7C8C9CC%10C(C)C%11(C)C%109C89C%11(C)C8(C)C%10(C)C%11(C)C%12(C)C%13(C)C%14(C)C([S][In]([I])[I])C1([S][In]([I])[I])C2%14C3%13C4%12C5%11C6%10C789. The monoisotopic (exact) mass is 1330 g/mol. The third kappa shape index (κ3) is 1.13. The Morgan fingerprint density at radius 1 is 0.479 bits per heavy atom. The van der Waals surface area contributed by atoms with Gasteiger partial charge in [0, 0.05) is 0 Å². The molecule has 0 heterocycles. The third-order valence-electron chi connectivity index (χ3n) is 30.6. The molecule has 18 aliphatic rings. The van der Waals surface area contributed by atoms with Crippen LogP contribution in [0.3, 0.4) is 0 Å². The molecule has 0 N–H and O–H groups in total. The van der Waals surface area contributed by atoms with Gasteiger partial charge in [0.25, 0.3) is 0 Å². The summed E-state index contributed by atoms with van der Waals surface area (Å²) in [4.78, 5) is 0. The van der Waals surface area contributed by atoms with Crippen molar-refractivity contribution in [1.29, 1.82) is 0 Å². The summed E-state index contributed by atoms with van der Waals surface area (Å²) in [6.07, 6.45) is 1.67. The first-order valence-electron chi connectivity index (χ1n) is 20.3. The van der Waals surface area contributed by atoms with Gasteiger partial charge < -0.3 is 0 Å². The van der Waals surface area contributed by atoms with Crippen molar-refractivity contribution in [2.75, 3.05) is 0 Å². The number of halogens is 4. The second kappa shape index (κ2) is 5.95. The standard InChI is InChI=1S/C40H46S2.4HI.2In/c1-12-14-11-15-17-19-21-22-20-18-16-13(2)33(42)23(41)25(4)27(6)29(8)31(10)30(9)28(7)26(5)24(12,3)32(14,15)35(17,26)37(19,28)39(21,30)40(22,31)38(20,29)36(18,27)34(16,25)33;;;;;;/h12-23,41-42H,11H2,1-10H3;4*1H;;/q;;;;;2*+3/p-6. The fraction of sp³-hybridized carbons (Fsp3) is 1.00. The first kappa shape index (κ1) is 29.6. The van der Waals surface area contributed by atoms with E-state index in [1.54, 1.807) is 6.42 Å². The van der Waals surface area contributed by atoms with Crippen LogP contribution in [0.2, 0.25) is 0 Å². The van der Waals surface area contributed by atoms with Gasteiger partial charge >= 0.3 is 350 Å². The summed E-state index contributed by atoms with van der Waals surface area (Å²) in [5.41, 5.74) is 11.4. The molecule has 0 aromatic carbocycles. The second-order valence-corrected chi connectivity index (χ2v) is 128. The molecular formula is C40H44I4In2S2. The predicted octanol–water partition coefficient (Wildman–Crippen LogP) is 10.7. The maximum absolute atomic E-state index is 3.11. The Morgan fingerprint density at radius 2 is 0.938 bits per heavy atom. The first-order valence-corrected chi connectivity index (χ1v) is 68.6. The molecule has 0 aromatic heterocycles. The van der Waals surface area contributed by atoms with Crippen LogP contribution in [0.1, 0.15) is 75.7 Å². The van der Waals surface area contributed by atoms with Crippen LogP contribution in [0.15, 0.2) is 0 Å². The molecule has 18 rings (SSSR count). The van der Waals surface area contributed by atoms with E-state index >= 15 is 0 Å². The molecule has 0 bridgehead atoms. The molecule has 250 valence electrons. The number of hydrogen-bond donors (Lipinski definition) is 0. The molecule has 8 spiro atoms. The van der Waals surface area contributed by atoms with Gasteiger partial charge in [-0.05, 0) is 0 Å². The van der Waals surface area contributed by atoms with Gasteiger partial charge in [-0.25, -0.2) is 0 Å². The number of hydrogen-bond acceptors (Lipinski definition) is 2. The normalized spacial score (nSPS) is 97.6. The average molecular weight is 1330 g/mol. The third-order valence-corrected chi connectivity index (χ3v) is 64.6. The van der Waals surface area contributed by atoms with E-state index < -0.39 is 23.3 Å². The van der Waals surface area contributed by atoms with Gasteiger partial charge in [0.15, 0.2) is 0 Å². The van der Waals surface area contributed by atoms with Gasteiger partial charge in [0.1, 0.15) is 0 Å². The van der Waals surface area contributed by atoms with Crippen LogP contribution in [0.4, 0.5) is 0 Å². The summed E-state index contributed by atoms with van der Waals surface area (Å²) < 4.78 is 0.686. The molecule has 0 nitrogen and oxygen atoms in total. The molecule has 48 heavy (non-hydrogen) atoms. The summed E-state index contributed by atoms with van der Waals surface area (Å²) in [5, 5.41) is 0.980. The molecule has 29 atom stereocenters. The Morgan fingerprint density at radius 3 is 1.48 bits per heavy atom. The van der Waals surface area contributed by atoms with E-state index in [0.29, 0.717) is 48.1 Å². The molecule has 29 unspecified atom stereocenters. The Balaban J connectivity index is 0.922. The van der Waals surface area contributed by atoms with Gasteiger partial charge in [-0.3, -0.25) is 0 Å². The summed E-state index contributed by atoms with van der Waals surface area (Å²) in [6.45, 7) is 30.1. The molecule has 8 heteroatoms. The van der Waals surface area contributed by atoms with Crippen molar-refractivity contribution in [3.8, 4) is 0 Å². The van der Waals surface area contributed by atoms with Crippen molar-refractivity contribution in [3.05, 3.63) is 0 Å². The van der Waals surface area contributed by atoms with E-state index in [-0.39, 0.29) is 0 Å². The van der Waals surface area contributed by atoms with Gasteiger partial charge in [-0.1, -0.05) is 0 Å². The van der Waals surface area contributed by atoms with Crippen LogP contribution < -0.4 is 0 Å². The van der Waals surface area contributed by atoms with Gasteiger partial charge in [-0.15, -0.1) is 0 Å². The van der Waals surface area contributed by atoms with E-state index in [2.05, 4.69) is 159 Å². The molecule has 0 amide bonds. The second-order valence-electron chi connectivity index (χ2n) is 24.3. The minimum absolute atomic E-state index is 0.598. The Bertz CT molecular complexity index is 2160. The number of rotatable bonds is 4.